The molecule has 2 aliphatic rings. The van der Waals surface area contributed by atoms with Gasteiger partial charge in [-0.1, -0.05) is 0 Å². The van der Waals surface area contributed by atoms with Crippen LogP contribution in [0.2, 0.25) is 0 Å². The molecule has 2 saturated heterocycles. The van der Waals surface area contributed by atoms with E-state index in [1.54, 1.807) is 7.11 Å². The fourth-order valence-corrected chi connectivity index (χ4v) is 3.42. The molecule has 0 aromatic carbocycles. The van der Waals surface area contributed by atoms with E-state index < -0.39 is 0 Å². The zero-order chi connectivity index (χ0) is 13.0. The Morgan fingerprint density at radius 3 is 2.83 bits per heavy atom. The first-order valence-corrected chi connectivity index (χ1v) is 7.33. The Balaban J connectivity index is 1.90. The van der Waals surface area contributed by atoms with Crippen molar-refractivity contribution < 1.29 is 9.47 Å². The molecule has 2 fully saturated rings. The first kappa shape index (κ1) is 14.3. The van der Waals surface area contributed by atoms with Crippen molar-refractivity contribution in [2.75, 3.05) is 33.4 Å². The first-order chi connectivity index (χ1) is 8.74. The molecule has 0 bridgehead atoms. The van der Waals surface area contributed by atoms with Crippen LogP contribution in [-0.4, -0.2) is 56.5 Å². The molecule has 4 nitrogen and oxygen atoms in total. The lowest BCUT2D eigenvalue weighted by atomic mass is 9.95. The van der Waals surface area contributed by atoms with Gasteiger partial charge in [0.15, 0.2) is 0 Å². The number of likely N-dealkylation sites (tertiary alicyclic amines) is 1. The van der Waals surface area contributed by atoms with Crippen LogP contribution in [0.3, 0.4) is 0 Å². The number of ether oxygens (including phenoxy) is 2. The lowest BCUT2D eigenvalue weighted by molar-refractivity contribution is -0.0222. The van der Waals surface area contributed by atoms with Crippen molar-refractivity contribution in [3.8, 4) is 0 Å². The Kier molecular flexibility index (Phi) is 5.42. The maximum Gasteiger partial charge on any atom is 0.0747 e. The van der Waals surface area contributed by atoms with Crippen LogP contribution in [0.5, 0.6) is 0 Å². The molecule has 2 heterocycles. The van der Waals surface area contributed by atoms with Gasteiger partial charge in [-0.25, -0.2) is 0 Å². The Morgan fingerprint density at radius 1 is 1.39 bits per heavy atom. The van der Waals surface area contributed by atoms with E-state index in [-0.39, 0.29) is 0 Å². The molecule has 2 rings (SSSR count). The van der Waals surface area contributed by atoms with Crippen molar-refractivity contribution >= 4 is 0 Å². The second-order valence-electron chi connectivity index (χ2n) is 5.82. The molecule has 0 aromatic rings. The molecule has 4 atom stereocenters. The largest absolute Gasteiger partial charge is 0.384 e. The quantitative estimate of drug-likeness (QED) is 0.804. The van der Waals surface area contributed by atoms with Gasteiger partial charge in [0, 0.05) is 26.2 Å². The average Bonchev–Trinajstić information content (AvgIpc) is 2.78. The van der Waals surface area contributed by atoms with Crippen LogP contribution in [0.4, 0.5) is 0 Å². The van der Waals surface area contributed by atoms with Crippen LogP contribution >= 0.6 is 0 Å². The van der Waals surface area contributed by atoms with E-state index in [1.807, 2.05) is 0 Å². The van der Waals surface area contributed by atoms with E-state index in [2.05, 4.69) is 11.8 Å². The maximum atomic E-state index is 6.01. The minimum absolute atomic E-state index is 0.339. The molecular weight excluding hydrogens is 228 g/mol. The Morgan fingerprint density at radius 2 is 2.22 bits per heavy atom. The third kappa shape index (κ3) is 3.44. The second-order valence-corrected chi connectivity index (χ2v) is 5.82. The predicted octanol–water partition coefficient (Wildman–Crippen LogP) is 1.24. The van der Waals surface area contributed by atoms with Crippen molar-refractivity contribution in [1.82, 2.24) is 4.90 Å². The van der Waals surface area contributed by atoms with Crippen molar-refractivity contribution in [2.24, 2.45) is 11.7 Å². The minimum Gasteiger partial charge on any atom is -0.384 e. The molecule has 18 heavy (non-hydrogen) atoms. The fourth-order valence-electron chi connectivity index (χ4n) is 3.42. The Labute approximate surface area is 111 Å². The average molecular weight is 256 g/mol. The van der Waals surface area contributed by atoms with Crippen LogP contribution < -0.4 is 5.73 Å². The summed E-state index contributed by atoms with van der Waals surface area (Å²) in [5.41, 5.74) is 6.00. The monoisotopic (exact) mass is 256 g/mol. The first-order valence-electron chi connectivity index (χ1n) is 7.33. The Bertz CT molecular complexity index is 248. The maximum absolute atomic E-state index is 6.01. The molecule has 0 spiro atoms. The van der Waals surface area contributed by atoms with Crippen LogP contribution in [0.15, 0.2) is 0 Å². The second kappa shape index (κ2) is 6.85. The van der Waals surface area contributed by atoms with Gasteiger partial charge >= 0.3 is 0 Å². The molecular formula is C14H28N2O2. The van der Waals surface area contributed by atoms with E-state index >= 15 is 0 Å². The standard InChI is InChI=1S/C14H28N2O2/c1-11-5-6-14(18-11)13(8-15)16-7-3-4-12(9-16)10-17-2/h11-14H,3-10,15H2,1-2H3. The summed E-state index contributed by atoms with van der Waals surface area (Å²) in [6.07, 6.45) is 5.62. The zero-order valence-corrected chi connectivity index (χ0v) is 11.8. The van der Waals surface area contributed by atoms with E-state index in [4.69, 9.17) is 15.2 Å². The molecule has 106 valence electrons. The van der Waals surface area contributed by atoms with Gasteiger partial charge in [-0.15, -0.1) is 0 Å². The molecule has 0 radical (unpaired) electrons. The summed E-state index contributed by atoms with van der Waals surface area (Å²) in [4.78, 5) is 2.54. The molecule has 0 aliphatic carbocycles. The minimum atomic E-state index is 0.339. The summed E-state index contributed by atoms with van der Waals surface area (Å²) in [7, 11) is 1.79. The van der Waals surface area contributed by atoms with Gasteiger partial charge in [-0.05, 0) is 45.1 Å². The molecule has 0 amide bonds. The molecule has 2 N–H and O–H groups in total. The third-order valence-electron chi connectivity index (χ3n) is 4.36. The Hall–Kier alpha value is -0.160. The smallest absolute Gasteiger partial charge is 0.0747 e. The van der Waals surface area contributed by atoms with Gasteiger partial charge < -0.3 is 15.2 Å². The van der Waals surface area contributed by atoms with Crippen molar-refractivity contribution in [3.05, 3.63) is 0 Å². The van der Waals surface area contributed by atoms with Gasteiger partial charge in [-0.3, -0.25) is 4.90 Å². The van der Waals surface area contributed by atoms with Crippen LogP contribution in [0, 0.1) is 5.92 Å². The topological polar surface area (TPSA) is 47.7 Å². The van der Waals surface area contributed by atoms with Crippen LogP contribution in [0.25, 0.3) is 0 Å². The SMILES string of the molecule is COCC1CCCN(C(CN)C2CCC(C)O2)C1. The third-order valence-corrected chi connectivity index (χ3v) is 4.36. The summed E-state index contributed by atoms with van der Waals surface area (Å²) in [5, 5.41) is 0. The molecule has 0 aromatic heterocycles. The normalized spacial score (nSPS) is 35.8. The highest BCUT2D eigenvalue weighted by Gasteiger charge is 2.34. The van der Waals surface area contributed by atoms with E-state index in [0.29, 0.717) is 30.7 Å². The van der Waals surface area contributed by atoms with Gasteiger partial charge in [0.1, 0.15) is 0 Å². The highest BCUT2D eigenvalue weighted by molar-refractivity contribution is 4.88. The van der Waals surface area contributed by atoms with Gasteiger partial charge in [0.05, 0.1) is 18.8 Å². The summed E-state index contributed by atoms with van der Waals surface area (Å²) >= 11 is 0. The number of methoxy groups -OCH3 is 1. The van der Waals surface area contributed by atoms with Gasteiger partial charge in [0.2, 0.25) is 0 Å². The summed E-state index contributed by atoms with van der Waals surface area (Å²) < 4.78 is 11.3. The fraction of sp³-hybridized carbons (Fsp3) is 1.00. The predicted molar refractivity (Wildman–Crippen MR) is 72.6 cm³/mol. The van der Waals surface area contributed by atoms with Crippen LogP contribution in [0.1, 0.15) is 32.6 Å². The van der Waals surface area contributed by atoms with Crippen molar-refractivity contribution in [1.29, 1.82) is 0 Å². The number of nitrogens with zero attached hydrogens (tertiary/aromatic N) is 1. The van der Waals surface area contributed by atoms with E-state index in [1.165, 1.54) is 19.3 Å². The highest BCUT2D eigenvalue weighted by Crippen LogP contribution is 2.27. The number of hydrogen-bond acceptors (Lipinski definition) is 4. The lowest BCUT2D eigenvalue weighted by Crippen LogP contribution is -2.52. The summed E-state index contributed by atoms with van der Waals surface area (Å²) in [6.45, 7) is 6.02. The van der Waals surface area contributed by atoms with Crippen molar-refractivity contribution in [3.63, 3.8) is 0 Å². The highest BCUT2D eigenvalue weighted by atomic mass is 16.5. The number of nitrogens with two attached hydrogens (primary N) is 1. The molecule has 4 unspecified atom stereocenters. The number of hydrogen-bond donors (Lipinski definition) is 1. The lowest BCUT2D eigenvalue weighted by Gasteiger charge is -2.40. The molecule has 0 saturated carbocycles. The molecule has 4 heteroatoms. The van der Waals surface area contributed by atoms with Gasteiger partial charge in [-0.2, -0.15) is 0 Å². The van der Waals surface area contributed by atoms with Crippen LogP contribution in [-0.2, 0) is 9.47 Å². The number of piperidine rings is 1. The number of rotatable bonds is 5. The van der Waals surface area contributed by atoms with E-state index in [9.17, 15) is 0 Å². The molecule has 2 aliphatic heterocycles. The summed E-state index contributed by atoms with van der Waals surface area (Å²) in [6, 6.07) is 0.398. The zero-order valence-electron chi connectivity index (χ0n) is 11.8. The van der Waals surface area contributed by atoms with E-state index in [0.717, 1.165) is 26.1 Å². The summed E-state index contributed by atoms with van der Waals surface area (Å²) in [5.74, 6) is 0.664. The van der Waals surface area contributed by atoms with Crippen molar-refractivity contribution in [2.45, 2.75) is 50.9 Å². The van der Waals surface area contributed by atoms with Gasteiger partial charge in [0.25, 0.3) is 0 Å².